The van der Waals surface area contributed by atoms with Crippen molar-refractivity contribution >= 4 is 27.4 Å². The van der Waals surface area contributed by atoms with Crippen molar-refractivity contribution in [3.63, 3.8) is 0 Å². The smallest absolute Gasteiger partial charge is 0.294 e. The Morgan fingerprint density at radius 1 is 1.46 bits per heavy atom. The first kappa shape index (κ1) is 10.3. The van der Waals surface area contributed by atoms with E-state index in [0.29, 0.717) is 5.56 Å². The highest BCUT2D eigenvalue weighted by Crippen LogP contribution is 2.25. The average molecular weight is 222 g/mol. The first-order valence-electron chi connectivity index (χ1n) is 3.35. The van der Waals surface area contributed by atoms with Gasteiger partial charge in [0.2, 0.25) is 0 Å². The van der Waals surface area contributed by atoms with E-state index in [-0.39, 0.29) is 15.6 Å². The standard InChI is InChI=1S/C7H8ClNO3S/c1-4-6(8)2-5(3-7(4)9)13(10,11)12/h2-3H,9H2,1H3,(H,10,11,12). The summed E-state index contributed by atoms with van der Waals surface area (Å²) in [4.78, 5) is -0.291. The molecule has 72 valence electrons. The molecule has 0 saturated heterocycles. The molecule has 6 heteroatoms. The van der Waals surface area contributed by atoms with E-state index in [0.717, 1.165) is 12.1 Å². The van der Waals surface area contributed by atoms with Crippen molar-refractivity contribution in [1.82, 2.24) is 0 Å². The fourth-order valence-electron chi connectivity index (χ4n) is 0.823. The molecule has 1 aromatic carbocycles. The predicted octanol–water partition coefficient (Wildman–Crippen LogP) is 1.48. The number of nitrogen functional groups attached to an aromatic ring is 1. The summed E-state index contributed by atoms with van der Waals surface area (Å²) >= 11 is 5.67. The zero-order valence-corrected chi connectivity index (χ0v) is 8.35. The summed E-state index contributed by atoms with van der Waals surface area (Å²) in [6.07, 6.45) is 0. The van der Waals surface area contributed by atoms with Crippen molar-refractivity contribution in [2.45, 2.75) is 11.8 Å². The normalized spacial score (nSPS) is 11.6. The van der Waals surface area contributed by atoms with Gasteiger partial charge in [-0.1, -0.05) is 11.6 Å². The van der Waals surface area contributed by atoms with E-state index >= 15 is 0 Å². The molecule has 1 aromatic rings. The second kappa shape index (κ2) is 3.17. The van der Waals surface area contributed by atoms with Crippen LogP contribution in [-0.2, 0) is 10.1 Å². The monoisotopic (exact) mass is 221 g/mol. The Hall–Kier alpha value is -0.780. The lowest BCUT2D eigenvalue weighted by Gasteiger charge is -2.04. The number of hydrogen-bond donors (Lipinski definition) is 2. The van der Waals surface area contributed by atoms with Crippen LogP contribution in [0.1, 0.15) is 5.56 Å². The number of rotatable bonds is 1. The van der Waals surface area contributed by atoms with Crippen LogP contribution in [-0.4, -0.2) is 13.0 Å². The van der Waals surface area contributed by atoms with Crippen molar-refractivity contribution in [2.75, 3.05) is 5.73 Å². The summed E-state index contributed by atoms with van der Waals surface area (Å²) in [7, 11) is -4.23. The minimum atomic E-state index is -4.23. The Morgan fingerprint density at radius 2 is 2.00 bits per heavy atom. The van der Waals surface area contributed by atoms with Gasteiger partial charge in [0, 0.05) is 10.7 Å². The maximum atomic E-state index is 10.7. The molecule has 0 unspecified atom stereocenters. The summed E-state index contributed by atoms with van der Waals surface area (Å²) < 4.78 is 30.1. The van der Waals surface area contributed by atoms with E-state index in [1.54, 1.807) is 6.92 Å². The van der Waals surface area contributed by atoms with E-state index in [4.69, 9.17) is 21.9 Å². The third kappa shape index (κ3) is 2.12. The summed E-state index contributed by atoms with van der Waals surface area (Å²) in [5.41, 5.74) is 6.29. The maximum Gasteiger partial charge on any atom is 0.294 e. The lowest BCUT2D eigenvalue weighted by atomic mass is 10.2. The average Bonchev–Trinajstić information content (AvgIpc) is 1.97. The van der Waals surface area contributed by atoms with Gasteiger partial charge >= 0.3 is 0 Å². The van der Waals surface area contributed by atoms with E-state index in [9.17, 15) is 8.42 Å². The van der Waals surface area contributed by atoms with Crippen LogP contribution in [0.5, 0.6) is 0 Å². The topological polar surface area (TPSA) is 80.4 Å². The SMILES string of the molecule is Cc1c(N)cc(S(=O)(=O)O)cc1Cl. The van der Waals surface area contributed by atoms with Crippen molar-refractivity contribution in [3.8, 4) is 0 Å². The highest BCUT2D eigenvalue weighted by molar-refractivity contribution is 7.85. The minimum Gasteiger partial charge on any atom is -0.398 e. The minimum absolute atomic E-state index is 0.215. The van der Waals surface area contributed by atoms with Crippen LogP contribution in [0.15, 0.2) is 17.0 Å². The van der Waals surface area contributed by atoms with Crippen LogP contribution in [0.2, 0.25) is 5.02 Å². The lowest BCUT2D eigenvalue weighted by Crippen LogP contribution is -2.00. The molecule has 0 aliphatic carbocycles. The largest absolute Gasteiger partial charge is 0.398 e. The molecule has 0 bridgehead atoms. The van der Waals surface area contributed by atoms with Crippen molar-refractivity contribution in [2.24, 2.45) is 0 Å². The lowest BCUT2D eigenvalue weighted by molar-refractivity contribution is 0.483. The van der Waals surface area contributed by atoms with Gasteiger partial charge in [-0.25, -0.2) is 0 Å². The highest BCUT2D eigenvalue weighted by atomic mass is 35.5. The molecule has 0 radical (unpaired) electrons. The Morgan fingerprint density at radius 3 is 2.38 bits per heavy atom. The van der Waals surface area contributed by atoms with E-state index < -0.39 is 10.1 Å². The molecule has 3 N–H and O–H groups in total. The molecule has 0 aromatic heterocycles. The molecular formula is C7H8ClNO3S. The van der Waals surface area contributed by atoms with Gasteiger partial charge in [-0.2, -0.15) is 8.42 Å². The molecule has 1 rings (SSSR count). The molecule has 0 amide bonds. The van der Waals surface area contributed by atoms with Crippen molar-refractivity contribution in [3.05, 3.63) is 22.7 Å². The van der Waals surface area contributed by atoms with Crippen LogP contribution in [0.3, 0.4) is 0 Å². The first-order valence-corrected chi connectivity index (χ1v) is 5.17. The van der Waals surface area contributed by atoms with Crippen LogP contribution in [0, 0.1) is 6.92 Å². The quantitative estimate of drug-likeness (QED) is 0.556. The highest BCUT2D eigenvalue weighted by Gasteiger charge is 2.12. The summed E-state index contributed by atoms with van der Waals surface area (Å²) in [6, 6.07) is 2.32. The van der Waals surface area contributed by atoms with Gasteiger partial charge < -0.3 is 5.73 Å². The second-order valence-corrected chi connectivity index (χ2v) is 4.42. The maximum absolute atomic E-state index is 10.7. The molecule has 0 heterocycles. The molecule has 0 atom stereocenters. The van der Waals surface area contributed by atoms with Gasteiger partial charge in [0.1, 0.15) is 0 Å². The Labute approximate surface area is 81.1 Å². The van der Waals surface area contributed by atoms with Crippen LogP contribution in [0.25, 0.3) is 0 Å². The number of benzene rings is 1. The summed E-state index contributed by atoms with van der Waals surface area (Å²) in [6.45, 7) is 1.66. The number of hydrogen-bond acceptors (Lipinski definition) is 3. The van der Waals surface area contributed by atoms with Crippen LogP contribution in [0.4, 0.5) is 5.69 Å². The molecule has 13 heavy (non-hydrogen) atoms. The second-order valence-electron chi connectivity index (χ2n) is 2.59. The van der Waals surface area contributed by atoms with Gasteiger partial charge in [0.15, 0.2) is 0 Å². The van der Waals surface area contributed by atoms with Crippen molar-refractivity contribution < 1.29 is 13.0 Å². The van der Waals surface area contributed by atoms with Crippen LogP contribution < -0.4 is 5.73 Å². The van der Waals surface area contributed by atoms with Crippen molar-refractivity contribution in [1.29, 1.82) is 0 Å². The Kier molecular flexibility index (Phi) is 2.51. The summed E-state index contributed by atoms with van der Waals surface area (Å²) in [5, 5.41) is 0.215. The predicted molar refractivity (Wildman–Crippen MR) is 50.4 cm³/mol. The fourth-order valence-corrected chi connectivity index (χ4v) is 1.66. The van der Waals surface area contributed by atoms with Gasteiger partial charge in [0.05, 0.1) is 4.90 Å². The van der Waals surface area contributed by atoms with Gasteiger partial charge in [-0.3, -0.25) is 4.55 Å². The number of nitrogens with two attached hydrogens (primary N) is 1. The fraction of sp³-hybridized carbons (Fsp3) is 0.143. The third-order valence-corrected chi connectivity index (χ3v) is 2.88. The Balaban J connectivity index is 3.47. The van der Waals surface area contributed by atoms with Gasteiger partial charge in [0.25, 0.3) is 10.1 Å². The molecule has 0 aliphatic rings. The van der Waals surface area contributed by atoms with E-state index in [1.165, 1.54) is 0 Å². The number of halogens is 1. The number of anilines is 1. The Bertz CT molecular complexity index is 418. The van der Waals surface area contributed by atoms with E-state index in [2.05, 4.69) is 0 Å². The van der Waals surface area contributed by atoms with E-state index in [1.807, 2.05) is 0 Å². The third-order valence-electron chi connectivity index (χ3n) is 1.66. The zero-order chi connectivity index (χ0) is 10.2. The molecule has 0 saturated carbocycles. The van der Waals surface area contributed by atoms with Gasteiger partial charge in [-0.15, -0.1) is 0 Å². The first-order chi connectivity index (χ1) is 5.82. The molecule has 4 nitrogen and oxygen atoms in total. The summed E-state index contributed by atoms with van der Waals surface area (Å²) in [5.74, 6) is 0. The molecule has 0 aliphatic heterocycles. The molecule has 0 spiro atoms. The van der Waals surface area contributed by atoms with Crippen LogP contribution >= 0.6 is 11.6 Å². The molecular weight excluding hydrogens is 214 g/mol. The zero-order valence-electron chi connectivity index (χ0n) is 6.78. The van der Waals surface area contributed by atoms with Gasteiger partial charge in [-0.05, 0) is 24.6 Å². The molecule has 0 fully saturated rings.